The number of amides is 4. The molecular formula is C29H43N5O5. The molecule has 2 aliphatic rings. The van der Waals surface area contributed by atoms with Crippen molar-refractivity contribution in [2.75, 3.05) is 32.1 Å². The largest absolute Gasteiger partial charge is 0.378 e. The van der Waals surface area contributed by atoms with Crippen LogP contribution in [0.25, 0.3) is 0 Å². The van der Waals surface area contributed by atoms with Crippen molar-refractivity contribution in [3.05, 3.63) is 29.8 Å². The van der Waals surface area contributed by atoms with E-state index in [1.54, 1.807) is 17.0 Å². The van der Waals surface area contributed by atoms with E-state index in [0.717, 1.165) is 5.69 Å². The Balaban J connectivity index is 1.77. The molecule has 0 spiro atoms. The molecule has 2 heterocycles. The van der Waals surface area contributed by atoms with Crippen LogP contribution in [0.15, 0.2) is 24.3 Å². The molecule has 10 nitrogen and oxygen atoms in total. The second kappa shape index (κ2) is 12.6. The Labute approximate surface area is 231 Å². The average Bonchev–Trinajstić information content (AvgIpc) is 3.42. The molecule has 0 aromatic heterocycles. The molecule has 0 radical (unpaired) electrons. The highest BCUT2D eigenvalue weighted by molar-refractivity contribution is 6.01. The number of Topliss-reactive ketones (excluding diaryl/α,β-unsaturated/α-hetero) is 1. The van der Waals surface area contributed by atoms with Crippen LogP contribution in [0.1, 0.15) is 64.2 Å². The van der Waals surface area contributed by atoms with Crippen molar-refractivity contribution in [2.45, 2.75) is 78.0 Å². The van der Waals surface area contributed by atoms with Crippen molar-refractivity contribution in [2.24, 2.45) is 11.8 Å². The van der Waals surface area contributed by atoms with Gasteiger partial charge in [-0.2, -0.15) is 0 Å². The summed E-state index contributed by atoms with van der Waals surface area (Å²) in [5.41, 5.74) is 1.40. The molecule has 214 valence electrons. The van der Waals surface area contributed by atoms with E-state index in [-0.39, 0.29) is 47.8 Å². The molecule has 39 heavy (non-hydrogen) atoms. The molecule has 2 N–H and O–H groups in total. The van der Waals surface area contributed by atoms with Crippen LogP contribution >= 0.6 is 0 Å². The zero-order chi connectivity index (χ0) is 29.0. The van der Waals surface area contributed by atoms with Crippen LogP contribution in [0.5, 0.6) is 0 Å². The number of anilines is 1. The first kappa shape index (κ1) is 30.1. The second-order valence-electron chi connectivity index (χ2n) is 11.7. The lowest BCUT2D eigenvalue weighted by atomic mass is 10.0. The molecule has 0 saturated carbocycles. The van der Waals surface area contributed by atoms with E-state index in [0.29, 0.717) is 31.4 Å². The normalized spacial score (nSPS) is 20.2. The molecule has 2 saturated heterocycles. The zero-order valence-electron chi connectivity index (χ0n) is 24.2. The molecule has 3 rings (SSSR count). The van der Waals surface area contributed by atoms with Gasteiger partial charge in [-0.05, 0) is 55.4 Å². The summed E-state index contributed by atoms with van der Waals surface area (Å²) in [7, 11) is 3.83. The first-order chi connectivity index (χ1) is 18.3. The number of rotatable bonds is 10. The molecule has 1 aromatic carbocycles. The molecule has 0 bridgehead atoms. The standard InChI is InChI=1S/C29H43N5O5/c1-17(2)14-22(30-19(5)35)29(39)34-16-25(36)26-24(34)12-13-33(26)28(38)23(15-18(3)4)31-27(37)20-8-10-21(11-9-20)32(6)7/h8-11,17-18,22-24,26H,12-16H2,1-7H3,(H,30,35)(H,31,37)/t22?,23-,24+,26-/m0/s1. The van der Waals surface area contributed by atoms with Crippen molar-refractivity contribution in [3.8, 4) is 0 Å². The Morgan fingerprint density at radius 3 is 1.95 bits per heavy atom. The van der Waals surface area contributed by atoms with Crippen LogP contribution in [0.2, 0.25) is 0 Å². The molecule has 10 heteroatoms. The Kier molecular flexibility index (Phi) is 9.74. The summed E-state index contributed by atoms with van der Waals surface area (Å²) in [5.74, 6) is -1.15. The van der Waals surface area contributed by atoms with E-state index >= 15 is 0 Å². The van der Waals surface area contributed by atoms with Crippen LogP contribution < -0.4 is 15.5 Å². The lowest BCUT2D eigenvalue weighted by Crippen LogP contribution is -2.53. The van der Waals surface area contributed by atoms with Gasteiger partial charge in [-0.25, -0.2) is 0 Å². The van der Waals surface area contributed by atoms with Gasteiger partial charge in [0, 0.05) is 38.8 Å². The first-order valence-corrected chi connectivity index (χ1v) is 13.8. The lowest BCUT2D eigenvalue weighted by Gasteiger charge is -2.30. The smallest absolute Gasteiger partial charge is 0.251 e. The number of ketones is 1. The minimum atomic E-state index is -0.796. The third kappa shape index (κ3) is 7.16. The van der Waals surface area contributed by atoms with Gasteiger partial charge < -0.3 is 25.3 Å². The predicted molar refractivity (Wildman–Crippen MR) is 149 cm³/mol. The third-order valence-electron chi connectivity index (χ3n) is 7.33. The monoisotopic (exact) mass is 541 g/mol. The fourth-order valence-corrected chi connectivity index (χ4v) is 5.54. The Morgan fingerprint density at radius 1 is 0.897 bits per heavy atom. The summed E-state index contributed by atoms with van der Waals surface area (Å²) in [6.45, 7) is 9.48. The Bertz CT molecular complexity index is 1080. The van der Waals surface area contributed by atoms with Crippen LogP contribution in [0.4, 0.5) is 5.69 Å². The molecule has 4 atom stereocenters. The lowest BCUT2D eigenvalue weighted by molar-refractivity contribution is -0.138. The van der Waals surface area contributed by atoms with Crippen molar-refractivity contribution in [1.29, 1.82) is 0 Å². The van der Waals surface area contributed by atoms with Gasteiger partial charge in [-0.15, -0.1) is 0 Å². The fraction of sp³-hybridized carbons (Fsp3) is 0.621. The van der Waals surface area contributed by atoms with Crippen molar-refractivity contribution in [3.63, 3.8) is 0 Å². The molecular weight excluding hydrogens is 498 g/mol. The molecule has 1 aromatic rings. The molecule has 2 aliphatic heterocycles. The molecule has 1 unspecified atom stereocenters. The minimum Gasteiger partial charge on any atom is -0.378 e. The first-order valence-electron chi connectivity index (χ1n) is 13.8. The van der Waals surface area contributed by atoms with Gasteiger partial charge in [0.2, 0.25) is 17.7 Å². The van der Waals surface area contributed by atoms with E-state index in [2.05, 4.69) is 10.6 Å². The number of nitrogens with one attached hydrogen (secondary N) is 2. The Hall–Kier alpha value is -3.43. The highest BCUT2D eigenvalue weighted by atomic mass is 16.2. The summed E-state index contributed by atoms with van der Waals surface area (Å²) in [5, 5.41) is 5.63. The minimum absolute atomic E-state index is 0.0917. The maximum Gasteiger partial charge on any atom is 0.251 e. The van der Waals surface area contributed by atoms with E-state index in [1.807, 2.05) is 58.8 Å². The van der Waals surface area contributed by atoms with Gasteiger partial charge in [-0.1, -0.05) is 27.7 Å². The number of carbonyl (C=O) groups is 5. The topological polar surface area (TPSA) is 119 Å². The molecule has 0 aliphatic carbocycles. The fourth-order valence-electron chi connectivity index (χ4n) is 5.54. The third-order valence-corrected chi connectivity index (χ3v) is 7.33. The Morgan fingerprint density at radius 2 is 1.44 bits per heavy atom. The summed E-state index contributed by atoms with van der Waals surface area (Å²) >= 11 is 0. The highest BCUT2D eigenvalue weighted by Gasteiger charge is 2.53. The maximum absolute atomic E-state index is 13.8. The summed E-state index contributed by atoms with van der Waals surface area (Å²) in [6, 6.07) is 4.43. The van der Waals surface area contributed by atoms with E-state index in [1.165, 1.54) is 11.8 Å². The van der Waals surface area contributed by atoms with Crippen molar-refractivity contribution < 1.29 is 24.0 Å². The zero-order valence-corrected chi connectivity index (χ0v) is 24.2. The number of carbonyl (C=O) groups excluding carboxylic acids is 5. The number of hydrogen-bond acceptors (Lipinski definition) is 6. The number of fused-ring (bicyclic) bond motifs is 1. The van der Waals surface area contributed by atoms with Crippen LogP contribution in [0.3, 0.4) is 0 Å². The SMILES string of the molecule is CC(=O)NC(CC(C)C)C(=O)N1CC(=O)[C@@H]2[C@H]1CCN2C(=O)[C@H](CC(C)C)NC(=O)c1ccc(N(C)C)cc1. The van der Waals surface area contributed by atoms with Gasteiger partial charge in [0.25, 0.3) is 5.91 Å². The van der Waals surface area contributed by atoms with E-state index in [4.69, 9.17) is 0 Å². The quantitative estimate of drug-likeness (QED) is 0.467. The van der Waals surface area contributed by atoms with E-state index in [9.17, 15) is 24.0 Å². The van der Waals surface area contributed by atoms with Gasteiger partial charge in [-0.3, -0.25) is 24.0 Å². The second-order valence-corrected chi connectivity index (χ2v) is 11.7. The molecule has 4 amide bonds. The summed E-state index contributed by atoms with van der Waals surface area (Å²) < 4.78 is 0. The summed E-state index contributed by atoms with van der Waals surface area (Å²) in [6.07, 6.45) is 1.35. The van der Waals surface area contributed by atoms with Crippen molar-refractivity contribution in [1.82, 2.24) is 20.4 Å². The number of hydrogen-bond donors (Lipinski definition) is 2. The predicted octanol–water partition coefficient (Wildman–Crippen LogP) is 1.83. The number of nitrogens with zero attached hydrogens (tertiary/aromatic N) is 3. The summed E-state index contributed by atoms with van der Waals surface area (Å²) in [4.78, 5) is 70.2. The van der Waals surface area contributed by atoms with Crippen LogP contribution in [0, 0.1) is 11.8 Å². The highest BCUT2D eigenvalue weighted by Crippen LogP contribution is 2.31. The average molecular weight is 542 g/mol. The van der Waals surface area contributed by atoms with Gasteiger partial charge >= 0.3 is 0 Å². The van der Waals surface area contributed by atoms with Gasteiger partial charge in [0.1, 0.15) is 18.1 Å². The molecule has 2 fully saturated rings. The van der Waals surface area contributed by atoms with Crippen LogP contribution in [-0.2, 0) is 19.2 Å². The van der Waals surface area contributed by atoms with Crippen molar-refractivity contribution >= 4 is 35.1 Å². The van der Waals surface area contributed by atoms with Crippen LogP contribution in [-0.4, -0.2) is 90.6 Å². The number of likely N-dealkylation sites (tertiary alicyclic amines) is 2. The van der Waals surface area contributed by atoms with E-state index < -0.39 is 24.2 Å². The number of benzene rings is 1. The van der Waals surface area contributed by atoms with Gasteiger partial charge in [0.05, 0.1) is 12.6 Å². The van der Waals surface area contributed by atoms with Gasteiger partial charge in [0.15, 0.2) is 5.78 Å². The maximum atomic E-state index is 13.8.